The Hall–Kier alpha value is -3.20. The summed E-state index contributed by atoms with van der Waals surface area (Å²) in [5, 5.41) is 8.11. The van der Waals surface area contributed by atoms with Gasteiger partial charge in [-0.15, -0.1) is 0 Å². The average Bonchev–Trinajstić information content (AvgIpc) is 2.97. The molecule has 0 bridgehead atoms. The second-order valence-corrected chi connectivity index (χ2v) is 17.4. The summed E-state index contributed by atoms with van der Waals surface area (Å²) >= 11 is 0. The highest BCUT2D eigenvalue weighted by atomic mass is 15.0. The van der Waals surface area contributed by atoms with Crippen LogP contribution in [-0.4, -0.2) is 0 Å². The van der Waals surface area contributed by atoms with Crippen molar-refractivity contribution < 1.29 is 0 Å². The van der Waals surface area contributed by atoms with Crippen LogP contribution >= 0.6 is 0 Å². The number of rotatable bonds is 9. The van der Waals surface area contributed by atoms with E-state index in [1.807, 2.05) is 0 Å². The summed E-state index contributed by atoms with van der Waals surface area (Å²) in [4.78, 5) is 0. The first-order chi connectivity index (χ1) is 21.3. The lowest BCUT2D eigenvalue weighted by atomic mass is 9.79. The van der Waals surface area contributed by atoms with Gasteiger partial charge in [-0.2, -0.15) is 0 Å². The molecule has 0 spiro atoms. The molecular formula is C44H60N2. The first kappa shape index (κ1) is 35.7. The van der Waals surface area contributed by atoms with Crippen molar-refractivity contribution in [2.75, 3.05) is 0 Å². The van der Waals surface area contributed by atoms with Crippen LogP contribution in [0.2, 0.25) is 0 Å². The SMILES string of the molecule is CC(C)(C)c1cc(CN[C@H](c2ccccc2)[C@H](NCc2cc(C(C)(C)C)cc(C(C)(C)C)c2)c2ccccc2)cc(C(C)(C)C)c1. The van der Waals surface area contributed by atoms with Crippen molar-refractivity contribution >= 4 is 0 Å². The third kappa shape index (κ3) is 9.43. The van der Waals surface area contributed by atoms with Gasteiger partial charge in [0.25, 0.3) is 0 Å². The lowest BCUT2D eigenvalue weighted by molar-refractivity contribution is 0.380. The van der Waals surface area contributed by atoms with Gasteiger partial charge in [0.05, 0.1) is 12.1 Å². The Morgan fingerprint density at radius 1 is 0.391 bits per heavy atom. The summed E-state index contributed by atoms with van der Waals surface area (Å²) in [6, 6.07) is 36.5. The van der Waals surface area contributed by atoms with E-state index >= 15 is 0 Å². The van der Waals surface area contributed by atoms with Crippen molar-refractivity contribution in [1.82, 2.24) is 10.6 Å². The normalized spacial score (nSPS) is 14.3. The van der Waals surface area contributed by atoms with Gasteiger partial charge in [0, 0.05) is 13.1 Å². The second-order valence-electron chi connectivity index (χ2n) is 17.4. The van der Waals surface area contributed by atoms with Crippen molar-refractivity contribution in [2.24, 2.45) is 0 Å². The summed E-state index contributed by atoms with van der Waals surface area (Å²) in [5.41, 5.74) is 11.1. The summed E-state index contributed by atoms with van der Waals surface area (Å²) in [7, 11) is 0. The highest BCUT2D eigenvalue weighted by Crippen LogP contribution is 2.34. The first-order valence-electron chi connectivity index (χ1n) is 17.2. The van der Waals surface area contributed by atoms with E-state index in [2.05, 4.69) is 191 Å². The highest BCUT2D eigenvalue weighted by Gasteiger charge is 2.27. The number of benzene rings is 4. The molecule has 4 rings (SSSR count). The van der Waals surface area contributed by atoms with E-state index in [1.165, 1.54) is 44.5 Å². The van der Waals surface area contributed by atoms with E-state index in [9.17, 15) is 0 Å². The molecule has 0 saturated carbocycles. The molecule has 0 heterocycles. The molecule has 46 heavy (non-hydrogen) atoms. The fourth-order valence-electron chi connectivity index (χ4n) is 5.95. The third-order valence-electron chi connectivity index (χ3n) is 9.15. The van der Waals surface area contributed by atoms with Crippen molar-refractivity contribution in [3.63, 3.8) is 0 Å². The molecule has 246 valence electrons. The monoisotopic (exact) mass is 616 g/mol. The number of hydrogen-bond acceptors (Lipinski definition) is 2. The van der Waals surface area contributed by atoms with E-state index in [-0.39, 0.29) is 33.7 Å². The average molecular weight is 617 g/mol. The molecule has 4 aromatic rings. The van der Waals surface area contributed by atoms with Gasteiger partial charge in [0.1, 0.15) is 0 Å². The zero-order valence-corrected chi connectivity index (χ0v) is 30.8. The van der Waals surface area contributed by atoms with E-state index in [1.54, 1.807) is 0 Å². The summed E-state index contributed by atoms with van der Waals surface area (Å²) in [5.74, 6) is 0. The van der Waals surface area contributed by atoms with Crippen molar-refractivity contribution in [3.8, 4) is 0 Å². The molecule has 0 unspecified atom stereocenters. The molecule has 0 aliphatic heterocycles. The minimum Gasteiger partial charge on any atom is -0.304 e. The summed E-state index contributed by atoms with van der Waals surface area (Å²) < 4.78 is 0. The predicted octanol–water partition coefficient (Wildman–Crippen LogP) is 11.2. The minimum atomic E-state index is 0.0628. The van der Waals surface area contributed by atoms with Gasteiger partial charge in [-0.05, 0) is 66.2 Å². The van der Waals surface area contributed by atoms with Gasteiger partial charge in [-0.3, -0.25) is 0 Å². The largest absolute Gasteiger partial charge is 0.304 e. The highest BCUT2D eigenvalue weighted by molar-refractivity contribution is 5.39. The standard InChI is InChI=1S/C44H60N2/c1-41(2,3)35-23-31(24-36(27-35)42(4,5)6)29-45-39(33-19-15-13-16-20-33)40(34-21-17-14-18-22-34)46-30-32-25-37(43(7,8)9)28-38(26-32)44(10,11)12/h13-28,39-40,45-46H,29-30H2,1-12H3/t39-,40-/m1/s1. The van der Waals surface area contributed by atoms with Crippen molar-refractivity contribution in [3.05, 3.63) is 142 Å². The van der Waals surface area contributed by atoms with Crippen LogP contribution in [0.3, 0.4) is 0 Å². The Morgan fingerprint density at radius 3 is 0.891 bits per heavy atom. The maximum atomic E-state index is 4.05. The Labute approximate surface area is 281 Å². The Bertz CT molecular complexity index is 1370. The Balaban J connectivity index is 1.74. The zero-order valence-electron chi connectivity index (χ0n) is 30.8. The lowest BCUT2D eigenvalue weighted by Gasteiger charge is -2.32. The van der Waals surface area contributed by atoms with E-state index in [0.29, 0.717) is 0 Å². The molecule has 2 heteroatoms. The van der Waals surface area contributed by atoms with Crippen LogP contribution in [0.15, 0.2) is 97.1 Å². The zero-order chi connectivity index (χ0) is 33.9. The summed E-state index contributed by atoms with van der Waals surface area (Å²) in [6.07, 6.45) is 0. The van der Waals surface area contributed by atoms with E-state index in [4.69, 9.17) is 0 Å². The van der Waals surface area contributed by atoms with E-state index in [0.717, 1.165) is 13.1 Å². The molecule has 0 aliphatic carbocycles. The van der Waals surface area contributed by atoms with Crippen LogP contribution in [0.4, 0.5) is 0 Å². The number of nitrogens with one attached hydrogen (secondary N) is 2. The second kappa shape index (κ2) is 13.9. The molecule has 0 radical (unpaired) electrons. The fraction of sp³-hybridized carbons (Fsp3) is 0.455. The predicted molar refractivity (Wildman–Crippen MR) is 200 cm³/mol. The molecule has 0 fully saturated rings. The van der Waals surface area contributed by atoms with Gasteiger partial charge in [0.15, 0.2) is 0 Å². The van der Waals surface area contributed by atoms with Gasteiger partial charge in [-0.25, -0.2) is 0 Å². The maximum Gasteiger partial charge on any atom is 0.0521 e. The molecule has 0 amide bonds. The Morgan fingerprint density at radius 2 is 0.652 bits per heavy atom. The molecular weight excluding hydrogens is 556 g/mol. The van der Waals surface area contributed by atoms with Gasteiger partial charge in [-0.1, -0.05) is 180 Å². The quantitative estimate of drug-likeness (QED) is 0.195. The molecule has 4 aromatic carbocycles. The summed E-state index contributed by atoms with van der Waals surface area (Å²) in [6.45, 7) is 29.3. The van der Waals surface area contributed by atoms with Crippen LogP contribution in [0, 0.1) is 0 Å². The molecule has 0 aromatic heterocycles. The minimum absolute atomic E-state index is 0.0628. The van der Waals surface area contributed by atoms with Gasteiger partial charge < -0.3 is 10.6 Å². The third-order valence-corrected chi connectivity index (χ3v) is 9.15. The molecule has 0 saturated heterocycles. The van der Waals surface area contributed by atoms with E-state index < -0.39 is 0 Å². The topological polar surface area (TPSA) is 24.1 Å². The van der Waals surface area contributed by atoms with Crippen LogP contribution in [0.25, 0.3) is 0 Å². The smallest absolute Gasteiger partial charge is 0.0521 e. The van der Waals surface area contributed by atoms with Crippen molar-refractivity contribution in [1.29, 1.82) is 0 Å². The fourth-order valence-corrected chi connectivity index (χ4v) is 5.95. The van der Waals surface area contributed by atoms with Crippen LogP contribution < -0.4 is 10.6 Å². The maximum absolute atomic E-state index is 4.05. The number of hydrogen-bond donors (Lipinski definition) is 2. The molecule has 2 nitrogen and oxygen atoms in total. The van der Waals surface area contributed by atoms with Crippen LogP contribution in [-0.2, 0) is 34.7 Å². The molecule has 2 atom stereocenters. The van der Waals surface area contributed by atoms with Crippen LogP contribution in [0.5, 0.6) is 0 Å². The lowest BCUT2D eigenvalue weighted by Crippen LogP contribution is -2.35. The first-order valence-corrected chi connectivity index (χ1v) is 17.2. The van der Waals surface area contributed by atoms with Crippen molar-refractivity contribution in [2.45, 2.75) is 130 Å². The Kier molecular flexibility index (Phi) is 10.8. The molecule has 0 aliphatic rings. The van der Waals surface area contributed by atoms with Crippen LogP contribution in [0.1, 0.15) is 140 Å². The van der Waals surface area contributed by atoms with Gasteiger partial charge in [0.2, 0.25) is 0 Å². The molecule has 2 N–H and O–H groups in total. The van der Waals surface area contributed by atoms with Gasteiger partial charge >= 0.3 is 0 Å².